The highest BCUT2D eigenvalue weighted by Gasteiger charge is 2.21. The SMILES string of the molecule is CC(C)CCCOCC(O)CNCC(C)(O)CN(C)C. The predicted octanol–water partition coefficient (Wildman–Crippen LogP) is 0.702. The minimum absolute atomic E-state index is 0.348. The van der Waals surface area contributed by atoms with Crippen molar-refractivity contribution in [3.05, 3.63) is 0 Å². The molecule has 0 aliphatic heterocycles. The van der Waals surface area contributed by atoms with Gasteiger partial charge in [0.05, 0.1) is 18.3 Å². The number of aliphatic hydroxyl groups is 2. The minimum Gasteiger partial charge on any atom is -0.389 e. The summed E-state index contributed by atoms with van der Waals surface area (Å²) in [5, 5.41) is 22.9. The Labute approximate surface area is 124 Å². The molecule has 0 aromatic carbocycles. The van der Waals surface area contributed by atoms with Crippen LogP contribution in [0.15, 0.2) is 0 Å². The second-order valence-corrected chi connectivity index (χ2v) is 6.63. The normalized spacial score (nSPS) is 16.6. The molecule has 0 aliphatic carbocycles. The lowest BCUT2D eigenvalue weighted by molar-refractivity contribution is 0.0169. The van der Waals surface area contributed by atoms with Crippen LogP contribution in [0.4, 0.5) is 0 Å². The lowest BCUT2D eigenvalue weighted by atomic mass is 10.1. The van der Waals surface area contributed by atoms with Crippen LogP contribution in [-0.2, 0) is 4.74 Å². The van der Waals surface area contributed by atoms with E-state index < -0.39 is 11.7 Å². The molecule has 0 rings (SSSR count). The second kappa shape index (κ2) is 10.5. The summed E-state index contributed by atoms with van der Waals surface area (Å²) in [6, 6.07) is 0. The molecule has 0 saturated heterocycles. The van der Waals surface area contributed by atoms with Crippen LogP contribution in [0.25, 0.3) is 0 Å². The van der Waals surface area contributed by atoms with Gasteiger partial charge >= 0.3 is 0 Å². The van der Waals surface area contributed by atoms with Crippen molar-refractivity contribution in [3.8, 4) is 0 Å². The van der Waals surface area contributed by atoms with E-state index in [0.29, 0.717) is 38.8 Å². The summed E-state index contributed by atoms with van der Waals surface area (Å²) in [5.41, 5.74) is -0.790. The van der Waals surface area contributed by atoms with Gasteiger partial charge in [0.2, 0.25) is 0 Å². The molecule has 20 heavy (non-hydrogen) atoms. The summed E-state index contributed by atoms with van der Waals surface area (Å²) in [5.74, 6) is 0.698. The van der Waals surface area contributed by atoms with E-state index in [9.17, 15) is 10.2 Å². The van der Waals surface area contributed by atoms with E-state index >= 15 is 0 Å². The first-order valence-corrected chi connectivity index (χ1v) is 7.56. The highest BCUT2D eigenvalue weighted by atomic mass is 16.5. The van der Waals surface area contributed by atoms with Crippen LogP contribution in [0.3, 0.4) is 0 Å². The third-order valence-electron chi connectivity index (χ3n) is 2.92. The Kier molecular flexibility index (Phi) is 10.4. The summed E-state index contributed by atoms with van der Waals surface area (Å²) < 4.78 is 5.43. The number of rotatable bonds is 12. The van der Waals surface area contributed by atoms with Gasteiger partial charge in [0.25, 0.3) is 0 Å². The van der Waals surface area contributed by atoms with Gasteiger partial charge in [-0.1, -0.05) is 13.8 Å². The molecule has 0 amide bonds. The molecule has 0 aromatic heterocycles. The van der Waals surface area contributed by atoms with Crippen molar-refractivity contribution >= 4 is 0 Å². The summed E-state index contributed by atoms with van der Waals surface area (Å²) in [7, 11) is 3.85. The molecule has 5 nitrogen and oxygen atoms in total. The first-order chi connectivity index (χ1) is 9.23. The van der Waals surface area contributed by atoms with Crippen molar-refractivity contribution in [1.82, 2.24) is 10.2 Å². The van der Waals surface area contributed by atoms with Crippen molar-refractivity contribution in [2.75, 3.05) is 46.9 Å². The number of nitrogens with zero attached hydrogens (tertiary/aromatic N) is 1. The molecule has 0 fully saturated rings. The summed E-state index contributed by atoms with van der Waals surface area (Å²) in [4.78, 5) is 1.94. The highest BCUT2D eigenvalue weighted by molar-refractivity contribution is 4.78. The molecule has 0 aliphatic rings. The van der Waals surface area contributed by atoms with Gasteiger partial charge in [-0.05, 0) is 39.8 Å². The van der Waals surface area contributed by atoms with Gasteiger partial charge in [0, 0.05) is 26.2 Å². The molecule has 122 valence electrons. The van der Waals surface area contributed by atoms with Gasteiger partial charge in [-0.25, -0.2) is 0 Å². The maximum absolute atomic E-state index is 10.1. The second-order valence-electron chi connectivity index (χ2n) is 6.63. The van der Waals surface area contributed by atoms with E-state index in [2.05, 4.69) is 19.2 Å². The highest BCUT2D eigenvalue weighted by Crippen LogP contribution is 2.04. The van der Waals surface area contributed by atoms with E-state index in [1.807, 2.05) is 19.0 Å². The zero-order valence-corrected chi connectivity index (χ0v) is 13.9. The van der Waals surface area contributed by atoms with E-state index in [1.165, 1.54) is 0 Å². The molecule has 0 saturated carbocycles. The van der Waals surface area contributed by atoms with Gasteiger partial charge in [-0.2, -0.15) is 0 Å². The van der Waals surface area contributed by atoms with Crippen molar-refractivity contribution in [3.63, 3.8) is 0 Å². The minimum atomic E-state index is -0.790. The monoisotopic (exact) mass is 290 g/mol. The Bertz CT molecular complexity index is 233. The smallest absolute Gasteiger partial charge is 0.0897 e. The number of likely N-dealkylation sites (N-methyl/N-ethyl adjacent to an activating group) is 1. The molecule has 2 unspecified atom stereocenters. The fraction of sp³-hybridized carbons (Fsp3) is 1.00. The Hall–Kier alpha value is -0.200. The number of aliphatic hydroxyl groups excluding tert-OH is 1. The van der Waals surface area contributed by atoms with Gasteiger partial charge in [-0.3, -0.25) is 0 Å². The molecule has 5 heteroatoms. The van der Waals surface area contributed by atoms with Crippen LogP contribution in [0.1, 0.15) is 33.6 Å². The van der Waals surface area contributed by atoms with Crippen LogP contribution < -0.4 is 5.32 Å². The number of ether oxygens (including phenoxy) is 1. The molecule has 0 heterocycles. The van der Waals surface area contributed by atoms with Gasteiger partial charge in [-0.15, -0.1) is 0 Å². The van der Waals surface area contributed by atoms with Gasteiger partial charge < -0.3 is 25.2 Å². The number of hydrogen-bond acceptors (Lipinski definition) is 5. The van der Waals surface area contributed by atoms with Crippen LogP contribution in [0.5, 0.6) is 0 Å². The Morgan fingerprint density at radius 2 is 1.95 bits per heavy atom. The van der Waals surface area contributed by atoms with E-state index in [1.54, 1.807) is 6.92 Å². The predicted molar refractivity (Wildman–Crippen MR) is 82.9 cm³/mol. The zero-order chi connectivity index (χ0) is 15.6. The van der Waals surface area contributed by atoms with Crippen LogP contribution >= 0.6 is 0 Å². The summed E-state index contributed by atoms with van der Waals surface area (Å²) in [6.45, 7) is 8.70. The van der Waals surface area contributed by atoms with Crippen molar-refractivity contribution < 1.29 is 14.9 Å². The van der Waals surface area contributed by atoms with E-state index in [-0.39, 0.29) is 0 Å². The fourth-order valence-electron chi connectivity index (χ4n) is 2.12. The fourth-order valence-corrected chi connectivity index (χ4v) is 2.12. The third kappa shape index (κ3) is 12.8. The average Bonchev–Trinajstić information content (AvgIpc) is 2.25. The Balaban J connectivity index is 3.55. The first-order valence-electron chi connectivity index (χ1n) is 7.56. The number of nitrogens with one attached hydrogen (secondary N) is 1. The van der Waals surface area contributed by atoms with Crippen molar-refractivity contribution in [2.24, 2.45) is 5.92 Å². The van der Waals surface area contributed by atoms with Crippen LogP contribution in [-0.4, -0.2) is 73.8 Å². The lowest BCUT2D eigenvalue weighted by Crippen LogP contribution is -2.47. The molecular weight excluding hydrogens is 256 g/mol. The largest absolute Gasteiger partial charge is 0.389 e. The molecule has 0 aromatic rings. The molecule has 2 atom stereocenters. The quantitative estimate of drug-likeness (QED) is 0.462. The Morgan fingerprint density at radius 1 is 1.30 bits per heavy atom. The molecule has 0 bridgehead atoms. The van der Waals surface area contributed by atoms with Gasteiger partial charge in [0.15, 0.2) is 0 Å². The van der Waals surface area contributed by atoms with E-state index in [4.69, 9.17) is 4.74 Å². The maximum Gasteiger partial charge on any atom is 0.0897 e. The maximum atomic E-state index is 10.1. The number of hydrogen-bond donors (Lipinski definition) is 3. The molecular formula is C15H34N2O3. The third-order valence-corrected chi connectivity index (χ3v) is 2.92. The van der Waals surface area contributed by atoms with Crippen molar-refractivity contribution in [2.45, 2.75) is 45.3 Å². The molecule has 0 radical (unpaired) electrons. The molecule has 0 spiro atoms. The average molecular weight is 290 g/mol. The van der Waals surface area contributed by atoms with Gasteiger partial charge in [0.1, 0.15) is 0 Å². The summed E-state index contributed by atoms with van der Waals surface area (Å²) in [6.07, 6.45) is 1.67. The van der Waals surface area contributed by atoms with E-state index in [0.717, 1.165) is 12.8 Å². The topological polar surface area (TPSA) is 65.0 Å². The molecule has 3 N–H and O–H groups in total. The van der Waals surface area contributed by atoms with Crippen LogP contribution in [0, 0.1) is 5.92 Å². The van der Waals surface area contributed by atoms with Crippen LogP contribution in [0.2, 0.25) is 0 Å². The first kappa shape index (κ1) is 19.8. The standard InChI is InChI=1S/C15H34N2O3/c1-13(2)7-6-8-20-10-14(18)9-16-11-15(3,19)12-17(4)5/h13-14,16,18-19H,6-12H2,1-5H3. The summed E-state index contributed by atoms with van der Waals surface area (Å²) >= 11 is 0. The zero-order valence-electron chi connectivity index (χ0n) is 13.9. The van der Waals surface area contributed by atoms with Crippen molar-refractivity contribution in [1.29, 1.82) is 0 Å². The Morgan fingerprint density at radius 3 is 2.50 bits per heavy atom. The lowest BCUT2D eigenvalue weighted by Gasteiger charge is -2.27.